The van der Waals surface area contributed by atoms with Gasteiger partial charge in [-0.3, -0.25) is 4.79 Å². The highest BCUT2D eigenvalue weighted by atomic mass is 16.2. The summed E-state index contributed by atoms with van der Waals surface area (Å²) in [5, 5.41) is 6.19. The molecular weight excluding hydrogens is 226 g/mol. The molecule has 1 aromatic heterocycles. The number of rotatable bonds is 2. The predicted octanol–water partition coefficient (Wildman–Crippen LogP) is 2.03. The van der Waals surface area contributed by atoms with Gasteiger partial charge >= 0.3 is 0 Å². The van der Waals surface area contributed by atoms with Crippen LogP contribution in [0.15, 0.2) is 12.1 Å². The minimum absolute atomic E-state index is 0.0275. The van der Waals surface area contributed by atoms with Gasteiger partial charge in [0.2, 0.25) is 5.91 Å². The summed E-state index contributed by atoms with van der Waals surface area (Å²) in [7, 11) is 0. The van der Waals surface area contributed by atoms with Crippen molar-refractivity contribution < 1.29 is 4.79 Å². The number of nitrogens with zero attached hydrogens (tertiary/aromatic N) is 1. The summed E-state index contributed by atoms with van der Waals surface area (Å²) < 4.78 is 0. The van der Waals surface area contributed by atoms with Gasteiger partial charge in [0.15, 0.2) is 0 Å². The van der Waals surface area contributed by atoms with Crippen LogP contribution in [0.4, 0.5) is 5.82 Å². The number of anilines is 1. The van der Waals surface area contributed by atoms with Crippen molar-refractivity contribution in [1.82, 2.24) is 10.3 Å². The number of piperidine rings is 1. The number of aryl methyl sites for hydroxylation is 2. The Balaban J connectivity index is 2.06. The zero-order valence-electron chi connectivity index (χ0n) is 11.3. The second-order valence-electron chi connectivity index (χ2n) is 5.21. The van der Waals surface area contributed by atoms with Gasteiger partial charge in [0.1, 0.15) is 5.82 Å². The van der Waals surface area contributed by atoms with E-state index in [0.717, 1.165) is 30.6 Å². The van der Waals surface area contributed by atoms with E-state index in [2.05, 4.69) is 22.5 Å². The normalized spacial score (nSPS) is 23.7. The number of aromatic nitrogens is 1. The Labute approximate surface area is 108 Å². The number of carbonyl (C=O) groups is 1. The van der Waals surface area contributed by atoms with Gasteiger partial charge in [0.25, 0.3) is 0 Å². The molecule has 0 spiro atoms. The minimum atomic E-state index is -0.0960. The summed E-state index contributed by atoms with van der Waals surface area (Å²) in [6.45, 7) is 6.98. The molecule has 4 nitrogen and oxygen atoms in total. The largest absolute Gasteiger partial charge is 0.309 e. The molecule has 0 saturated carbocycles. The van der Waals surface area contributed by atoms with Crippen LogP contribution in [-0.2, 0) is 4.79 Å². The molecule has 0 aliphatic carbocycles. The number of amides is 1. The Morgan fingerprint density at radius 1 is 1.44 bits per heavy atom. The predicted molar refractivity (Wildman–Crippen MR) is 72.5 cm³/mol. The lowest BCUT2D eigenvalue weighted by Gasteiger charge is -2.28. The Hall–Kier alpha value is -1.42. The Kier molecular flexibility index (Phi) is 3.97. The van der Waals surface area contributed by atoms with Gasteiger partial charge in [-0.1, -0.05) is 6.92 Å². The molecule has 1 fully saturated rings. The van der Waals surface area contributed by atoms with Crippen molar-refractivity contribution in [3.05, 3.63) is 23.4 Å². The molecule has 18 heavy (non-hydrogen) atoms. The smallest absolute Gasteiger partial charge is 0.242 e. The van der Waals surface area contributed by atoms with Crippen molar-refractivity contribution in [2.45, 2.75) is 39.7 Å². The fourth-order valence-corrected chi connectivity index (χ4v) is 2.51. The number of hydrogen-bond acceptors (Lipinski definition) is 3. The summed E-state index contributed by atoms with van der Waals surface area (Å²) >= 11 is 0. The van der Waals surface area contributed by atoms with Crippen molar-refractivity contribution in [1.29, 1.82) is 0 Å². The molecule has 1 aliphatic heterocycles. The van der Waals surface area contributed by atoms with E-state index in [0.29, 0.717) is 11.7 Å². The van der Waals surface area contributed by atoms with Crippen LogP contribution in [0.2, 0.25) is 0 Å². The molecule has 98 valence electrons. The van der Waals surface area contributed by atoms with Crippen molar-refractivity contribution >= 4 is 11.7 Å². The molecule has 2 atom stereocenters. The summed E-state index contributed by atoms with van der Waals surface area (Å²) in [6.07, 6.45) is 2.25. The average molecular weight is 247 g/mol. The van der Waals surface area contributed by atoms with E-state index < -0.39 is 0 Å². The van der Waals surface area contributed by atoms with E-state index in [1.165, 1.54) is 0 Å². The van der Waals surface area contributed by atoms with Crippen molar-refractivity contribution in [2.24, 2.45) is 5.92 Å². The van der Waals surface area contributed by atoms with E-state index in [-0.39, 0.29) is 11.9 Å². The summed E-state index contributed by atoms with van der Waals surface area (Å²) in [5.41, 5.74) is 2.04. The number of carbonyl (C=O) groups excluding carboxylic acids is 1. The van der Waals surface area contributed by atoms with Gasteiger partial charge in [0.05, 0.1) is 6.04 Å². The van der Waals surface area contributed by atoms with Crippen molar-refractivity contribution in [3.8, 4) is 0 Å². The molecule has 1 aliphatic rings. The molecule has 1 aromatic rings. The standard InChI is InChI=1S/C14H21N3O/c1-9-7-11(3)16-12(8-9)17-14(18)13-10(2)5-4-6-15-13/h7-8,10,13,15H,4-6H2,1-3H3,(H,16,17,18). The summed E-state index contributed by atoms with van der Waals surface area (Å²) in [5.74, 6) is 1.06. The molecule has 1 saturated heterocycles. The fourth-order valence-electron chi connectivity index (χ4n) is 2.51. The van der Waals surface area contributed by atoms with Crippen LogP contribution in [0.25, 0.3) is 0 Å². The maximum Gasteiger partial charge on any atom is 0.242 e. The quantitative estimate of drug-likeness (QED) is 0.840. The maximum absolute atomic E-state index is 12.2. The van der Waals surface area contributed by atoms with Crippen LogP contribution < -0.4 is 10.6 Å². The highest BCUT2D eigenvalue weighted by Gasteiger charge is 2.27. The molecule has 0 aromatic carbocycles. The van der Waals surface area contributed by atoms with E-state index in [9.17, 15) is 4.79 Å². The minimum Gasteiger partial charge on any atom is -0.309 e. The Bertz CT molecular complexity index is 424. The van der Waals surface area contributed by atoms with Crippen LogP contribution in [0, 0.1) is 19.8 Å². The van der Waals surface area contributed by atoms with Gasteiger partial charge in [0, 0.05) is 5.69 Å². The van der Waals surface area contributed by atoms with Crippen LogP contribution >= 0.6 is 0 Å². The second-order valence-corrected chi connectivity index (χ2v) is 5.21. The maximum atomic E-state index is 12.2. The molecule has 0 radical (unpaired) electrons. The molecule has 1 amide bonds. The van der Waals surface area contributed by atoms with Gasteiger partial charge in [-0.05, 0) is 56.8 Å². The first-order valence-electron chi connectivity index (χ1n) is 6.56. The van der Waals surface area contributed by atoms with E-state index >= 15 is 0 Å². The molecule has 2 rings (SSSR count). The SMILES string of the molecule is Cc1cc(C)nc(NC(=O)C2NCCCC2C)c1. The van der Waals surface area contributed by atoms with E-state index in [1.54, 1.807) is 0 Å². The molecule has 0 bridgehead atoms. The third-order valence-electron chi connectivity index (χ3n) is 3.40. The van der Waals surface area contributed by atoms with E-state index in [4.69, 9.17) is 0 Å². The van der Waals surface area contributed by atoms with Gasteiger partial charge < -0.3 is 10.6 Å². The molecule has 2 heterocycles. The summed E-state index contributed by atoms with van der Waals surface area (Å²) in [4.78, 5) is 16.5. The Morgan fingerprint density at radius 3 is 2.89 bits per heavy atom. The number of nitrogens with one attached hydrogen (secondary N) is 2. The monoisotopic (exact) mass is 247 g/mol. The first kappa shape index (κ1) is 13.0. The number of hydrogen-bond donors (Lipinski definition) is 2. The molecule has 2 unspecified atom stereocenters. The lowest BCUT2D eigenvalue weighted by Crippen LogP contribution is -2.48. The molecule has 4 heteroatoms. The molecular formula is C14H21N3O. The van der Waals surface area contributed by atoms with Crippen LogP contribution in [0.5, 0.6) is 0 Å². The third kappa shape index (κ3) is 3.07. The van der Waals surface area contributed by atoms with Crippen LogP contribution in [0.3, 0.4) is 0 Å². The van der Waals surface area contributed by atoms with Crippen LogP contribution in [-0.4, -0.2) is 23.5 Å². The fraction of sp³-hybridized carbons (Fsp3) is 0.571. The van der Waals surface area contributed by atoms with Crippen molar-refractivity contribution in [3.63, 3.8) is 0 Å². The van der Waals surface area contributed by atoms with E-state index in [1.807, 2.05) is 26.0 Å². The highest BCUT2D eigenvalue weighted by molar-refractivity contribution is 5.94. The first-order chi connectivity index (χ1) is 8.56. The zero-order chi connectivity index (χ0) is 13.1. The lowest BCUT2D eigenvalue weighted by atomic mass is 9.92. The lowest BCUT2D eigenvalue weighted by molar-refractivity contribution is -0.119. The third-order valence-corrected chi connectivity index (χ3v) is 3.40. The zero-order valence-corrected chi connectivity index (χ0v) is 11.3. The molecule has 2 N–H and O–H groups in total. The Morgan fingerprint density at radius 2 is 2.22 bits per heavy atom. The van der Waals surface area contributed by atoms with Gasteiger partial charge in [-0.2, -0.15) is 0 Å². The summed E-state index contributed by atoms with van der Waals surface area (Å²) in [6, 6.07) is 3.80. The first-order valence-corrected chi connectivity index (χ1v) is 6.56. The topological polar surface area (TPSA) is 54.0 Å². The van der Waals surface area contributed by atoms with Gasteiger partial charge in [-0.15, -0.1) is 0 Å². The van der Waals surface area contributed by atoms with Gasteiger partial charge in [-0.25, -0.2) is 4.98 Å². The number of pyridine rings is 1. The highest BCUT2D eigenvalue weighted by Crippen LogP contribution is 2.17. The average Bonchev–Trinajstić information content (AvgIpc) is 2.27. The van der Waals surface area contributed by atoms with Crippen molar-refractivity contribution in [2.75, 3.05) is 11.9 Å². The van der Waals surface area contributed by atoms with Crippen LogP contribution in [0.1, 0.15) is 31.0 Å². The second kappa shape index (κ2) is 5.48.